The van der Waals surface area contributed by atoms with Gasteiger partial charge in [-0.25, -0.2) is 0 Å². The van der Waals surface area contributed by atoms with Crippen molar-refractivity contribution in [3.05, 3.63) is 64.7 Å². The molecule has 1 nitrogen and oxygen atoms in total. The maximum absolute atomic E-state index is 5.87. The van der Waals surface area contributed by atoms with Crippen molar-refractivity contribution in [3.8, 4) is 17.6 Å². The Morgan fingerprint density at radius 3 is 1.92 bits per heavy atom. The summed E-state index contributed by atoms with van der Waals surface area (Å²) in [6.07, 6.45) is 7.68. The number of hydrogen-bond donors (Lipinski definition) is 0. The van der Waals surface area contributed by atoms with Crippen molar-refractivity contribution in [2.45, 2.75) is 45.4 Å². The summed E-state index contributed by atoms with van der Waals surface area (Å²) in [4.78, 5) is 0. The fraction of sp³-hybridized carbons (Fsp3) is 0.364. The first-order valence-electron chi connectivity index (χ1n) is 8.78. The molecule has 0 heterocycles. The molecule has 2 aromatic rings. The lowest BCUT2D eigenvalue weighted by molar-refractivity contribution is 0.304. The normalized spacial score (nSPS) is 10.1. The molecule has 2 aromatic carbocycles. The Kier molecular flexibility index (Phi) is 8.28. The molecule has 126 valence electrons. The van der Waals surface area contributed by atoms with Crippen LogP contribution in [-0.4, -0.2) is 6.61 Å². The number of halogens is 1. The van der Waals surface area contributed by atoms with Crippen LogP contribution in [0.1, 0.15) is 56.6 Å². The molecule has 0 unspecified atom stereocenters. The van der Waals surface area contributed by atoms with Crippen LogP contribution < -0.4 is 4.74 Å². The molecule has 0 spiro atoms. The summed E-state index contributed by atoms with van der Waals surface area (Å²) >= 11 is 5.87. The van der Waals surface area contributed by atoms with E-state index in [1.54, 1.807) is 0 Å². The SMILES string of the molecule is CCCCCCCCOc1ccc(C#Cc2ccc(Cl)cc2)cc1. The molecule has 0 aliphatic rings. The molecule has 2 heteroatoms. The Morgan fingerprint density at radius 1 is 0.750 bits per heavy atom. The molecule has 0 atom stereocenters. The highest BCUT2D eigenvalue weighted by Crippen LogP contribution is 2.13. The second-order valence-electron chi connectivity index (χ2n) is 5.90. The predicted molar refractivity (Wildman–Crippen MR) is 103 cm³/mol. The average molecular weight is 341 g/mol. The molecule has 0 saturated carbocycles. The lowest BCUT2D eigenvalue weighted by Gasteiger charge is -2.06. The third kappa shape index (κ3) is 7.11. The van der Waals surface area contributed by atoms with Crippen LogP contribution in [0.3, 0.4) is 0 Å². The second kappa shape index (κ2) is 10.8. The summed E-state index contributed by atoms with van der Waals surface area (Å²) in [5.74, 6) is 7.21. The summed E-state index contributed by atoms with van der Waals surface area (Å²) in [5, 5.41) is 0.729. The van der Waals surface area contributed by atoms with Crippen LogP contribution in [-0.2, 0) is 0 Å². The monoisotopic (exact) mass is 340 g/mol. The highest BCUT2D eigenvalue weighted by molar-refractivity contribution is 6.30. The van der Waals surface area contributed by atoms with Gasteiger partial charge in [0.1, 0.15) is 5.75 Å². The van der Waals surface area contributed by atoms with E-state index in [1.165, 1.54) is 32.1 Å². The van der Waals surface area contributed by atoms with Crippen molar-refractivity contribution in [2.24, 2.45) is 0 Å². The Bertz CT molecular complexity index is 647. The van der Waals surface area contributed by atoms with Gasteiger partial charge >= 0.3 is 0 Å². The molecule has 0 radical (unpaired) electrons. The van der Waals surface area contributed by atoms with E-state index in [0.29, 0.717) is 0 Å². The van der Waals surface area contributed by atoms with E-state index in [1.807, 2.05) is 48.5 Å². The lowest BCUT2D eigenvalue weighted by atomic mass is 10.1. The summed E-state index contributed by atoms with van der Waals surface area (Å²) in [6.45, 7) is 3.04. The molecule has 0 N–H and O–H groups in total. The Balaban J connectivity index is 1.74. The van der Waals surface area contributed by atoms with Gasteiger partial charge in [0.25, 0.3) is 0 Å². The van der Waals surface area contributed by atoms with E-state index in [4.69, 9.17) is 16.3 Å². The fourth-order valence-electron chi connectivity index (χ4n) is 2.38. The fourth-order valence-corrected chi connectivity index (χ4v) is 2.51. The Labute approximate surface area is 151 Å². The van der Waals surface area contributed by atoms with Gasteiger partial charge in [-0.15, -0.1) is 0 Å². The van der Waals surface area contributed by atoms with E-state index in [0.717, 1.165) is 34.9 Å². The predicted octanol–water partition coefficient (Wildman–Crippen LogP) is 6.48. The minimum atomic E-state index is 0.729. The van der Waals surface area contributed by atoms with Gasteiger partial charge in [0.05, 0.1) is 6.61 Å². The summed E-state index contributed by atoms with van der Waals surface area (Å²) in [5.41, 5.74) is 1.94. The zero-order valence-electron chi connectivity index (χ0n) is 14.4. The lowest BCUT2D eigenvalue weighted by Crippen LogP contribution is -1.97. The van der Waals surface area contributed by atoms with Crippen molar-refractivity contribution in [3.63, 3.8) is 0 Å². The van der Waals surface area contributed by atoms with Gasteiger partial charge in [0.15, 0.2) is 0 Å². The van der Waals surface area contributed by atoms with Crippen molar-refractivity contribution < 1.29 is 4.74 Å². The van der Waals surface area contributed by atoms with Gasteiger partial charge < -0.3 is 4.74 Å². The van der Waals surface area contributed by atoms with Crippen molar-refractivity contribution in [1.82, 2.24) is 0 Å². The molecule has 0 fully saturated rings. The first-order valence-corrected chi connectivity index (χ1v) is 9.16. The van der Waals surface area contributed by atoms with Crippen molar-refractivity contribution >= 4 is 11.6 Å². The van der Waals surface area contributed by atoms with E-state index in [-0.39, 0.29) is 0 Å². The van der Waals surface area contributed by atoms with Gasteiger partial charge in [-0.05, 0) is 55.0 Å². The topological polar surface area (TPSA) is 9.23 Å². The summed E-state index contributed by atoms with van der Waals surface area (Å²) in [7, 11) is 0. The molecular formula is C22H25ClO. The smallest absolute Gasteiger partial charge is 0.119 e. The molecule has 0 bridgehead atoms. The van der Waals surface area contributed by atoms with Gasteiger partial charge in [-0.1, -0.05) is 62.5 Å². The number of ether oxygens (including phenoxy) is 1. The maximum atomic E-state index is 5.87. The third-order valence-corrected chi connectivity index (χ3v) is 4.07. The number of unbranched alkanes of at least 4 members (excludes halogenated alkanes) is 5. The highest BCUT2D eigenvalue weighted by atomic mass is 35.5. The van der Waals surface area contributed by atoms with Crippen molar-refractivity contribution in [1.29, 1.82) is 0 Å². The largest absolute Gasteiger partial charge is 0.494 e. The molecule has 0 aliphatic carbocycles. The van der Waals surface area contributed by atoms with E-state index in [9.17, 15) is 0 Å². The molecular weight excluding hydrogens is 316 g/mol. The summed E-state index contributed by atoms with van der Waals surface area (Å²) in [6, 6.07) is 15.5. The molecule has 2 rings (SSSR count). The van der Waals surface area contributed by atoms with Gasteiger partial charge in [-0.2, -0.15) is 0 Å². The van der Waals surface area contributed by atoms with Crippen LogP contribution in [0.25, 0.3) is 0 Å². The minimum absolute atomic E-state index is 0.729. The maximum Gasteiger partial charge on any atom is 0.119 e. The number of benzene rings is 2. The first-order chi connectivity index (χ1) is 11.8. The van der Waals surface area contributed by atoms with Crippen LogP contribution in [0, 0.1) is 11.8 Å². The van der Waals surface area contributed by atoms with Crippen LogP contribution >= 0.6 is 11.6 Å². The van der Waals surface area contributed by atoms with Gasteiger partial charge in [-0.3, -0.25) is 0 Å². The molecule has 0 amide bonds. The second-order valence-corrected chi connectivity index (χ2v) is 6.33. The van der Waals surface area contributed by atoms with Gasteiger partial charge in [0.2, 0.25) is 0 Å². The third-order valence-electron chi connectivity index (χ3n) is 3.82. The Hall–Kier alpha value is -1.91. The quantitative estimate of drug-likeness (QED) is 0.394. The van der Waals surface area contributed by atoms with Crippen molar-refractivity contribution in [2.75, 3.05) is 6.61 Å². The summed E-state index contributed by atoms with van der Waals surface area (Å²) < 4.78 is 5.78. The first kappa shape index (κ1) is 18.4. The highest BCUT2D eigenvalue weighted by Gasteiger charge is 1.95. The molecule has 0 aromatic heterocycles. The van der Waals surface area contributed by atoms with Crippen LogP contribution in [0.4, 0.5) is 0 Å². The standard InChI is InChI=1S/C22H25ClO/c1-2-3-4-5-6-7-18-24-22-16-12-20(13-17-22)9-8-19-10-14-21(23)15-11-19/h10-17H,2-7,18H2,1H3. The van der Waals surface area contributed by atoms with Crippen LogP contribution in [0.2, 0.25) is 5.02 Å². The number of hydrogen-bond acceptors (Lipinski definition) is 1. The van der Waals surface area contributed by atoms with Crippen LogP contribution in [0.15, 0.2) is 48.5 Å². The van der Waals surface area contributed by atoms with E-state index >= 15 is 0 Å². The number of rotatable bonds is 8. The zero-order chi connectivity index (χ0) is 17.0. The van der Waals surface area contributed by atoms with Crippen LogP contribution in [0.5, 0.6) is 5.75 Å². The van der Waals surface area contributed by atoms with Gasteiger partial charge in [0, 0.05) is 16.1 Å². The molecule has 24 heavy (non-hydrogen) atoms. The molecule has 0 aliphatic heterocycles. The minimum Gasteiger partial charge on any atom is -0.494 e. The Morgan fingerprint density at radius 2 is 1.29 bits per heavy atom. The van der Waals surface area contributed by atoms with E-state index in [2.05, 4.69) is 18.8 Å². The zero-order valence-corrected chi connectivity index (χ0v) is 15.1. The van der Waals surface area contributed by atoms with E-state index < -0.39 is 0 Å². The average Bonchev–Trinajstić information content (AvgIpc) is 2.61. The molecule has 0 saturated heterocycles.